The molecule has 0 atom stereocenters. The fourth-order valence-electron chi connectivity index (χ4n) is 4.44. The van der Waals surface area contributed by atoms with Gasteiger partial charge in [0.2, 0.25) is 5.91 Å². The van der Waals surface area contributed by atoms with Crippen LogP contribution in [-0.4, -0.2) is 47.8 Å². The van der Waals surface area contributed by atoms with Crippen molar-refractivity contribution in [3.8, 4) is 17.0 Å². The molecule has 9 heteroatoms. The first-order valence-corrected chi connectivity index (χ1v) is 12.0. The molecule has 5 rings (SSSR count). The Morgan fingerprint density at radius 1 is 1.11 bits per heavy atom. The molecule has 180 valence electrons. The third-order valence-corrected chi connectivity index (χ3v) is 6.66. The minimum absolute atomic E-state index is 0.0164. The molecule has 0 aliphatic carbocycles. The van der Waals surface area contributed by atoms with E-state index in [1.165, 1.54) is 6.33 Å². The summed E-state index contributed by atoms with van der Waals surface area (Å²) in [7, 11) is 1.63. The average molecular weight is 492 g/mol. The Morgan fingerprint density at radius 2 is 1.86 bits per heavy atom. The summed E-state index contributed by atoms with van der Waals surface area (Å²) in [6.07, 6.45) is 3.78. The first-order valence-electron chi connectivity index (χ1n) is 11.6. The van der Waals surface area contributed by atoms with E-state index >= 15 is 0 Å². The third kappa shape index (κ3) is 5.07. The van der Waals surface area contributed by atoms with E-state index in [-0.39, 0.29) is 11.8 Å². The Balaban J connectivity index is 1.24. The van der Waals surface area contributed by atoms with Crippen molar-refractivity contribution in [3.63, 3.8) is 0 Å². The Kier molecular flexibility index (Phi) is 6.81. The molecule has 1 fully saturated rings. The largest absolute Gasteiger partial charge is 0.497 e. The average Bonchev–Trinajstić information content (AvgIpc) is 3.34. The summed E-state index contributed by atoms with van der Waals surface area (Å²) in [5.74, 6) is 1.64. The Bertz CT molecular complexity index is 1300. The molecule has 0 unspecified atom stereocenters. The highest BCUT2D eigenvalue weighted by Crippen LogP contribution is 2.35. The molecule has 2 aromatic heterocycles. The summed E-state index contributed by atoms with van der Waals surface area (Å²) in [4.78, 5) is 23.7. The Hall–Kier alpha value is -3.65. The minimum atomic E-state index is -0.0164. The fourth-order valence-corrected chi connectivity index (χ4v) is 4.56. The number of nitrogens with zero attached hydrogens (tertiary/aromatic N) is 4. The standard InChI is InChI=1S/C26H26ClN5O3/c1-34-21-8-4-18(5-9-21)23-22-24(29-16-30-26(22)35-31-23)32-14-11-19(12-15-32)25(33)28-13-10-17-2-6-20(27)7-3-17/h2-9,16,19H,10-15H2,1H3,(H,28,33). The number of carbonyl (C=O) groups excluding carboxylic acids is 1. The molecule has 0 saturated carbocycles. The van der Waals surface area contributed by atoms with Gasteiger partial charge in [-0.05, 0) is 61.2 Å². The number of anilines is 1. The van der Waals surface area contributed by atoms with E-state index in [2.05, 4.69) is 25.3 Å². The molecule has 3 heterocycles. The SMILES string of the molecule is COc1ccc(-c2noc3ncnc(N4CCC(C(=O)NCCc5ccc(Cl)cc5)CC4)c23)cc1. The van der Waals surface area contributed by atoms with Crippen molar-refractivity contribution < 1.29 is 14.1 Å². The number of fused-ring (bicyclic) bond motifs is 1. The second kappa shape index (κ2) is 10.3. The highest BCUT2D eigenvalue weighted by molar-refractivity contribution is 6.30. The number of rotatable bonds is 7. The van der Waals surface area contributed by atoms with Crippen LogP contribution in [0, 0.1) is 5.92 Å². The van der Waals surface area contributed by atoms with E-state index in [1.807, 2.05) is 48.5 Å². The van der Waals surface area contributed by atoms with Gasteiger partial charge in [0.25, 0.3) is 5.71 Å². The Labute approximate surface area is 208 Å². The van der Waals surface area contributed by atoms with Crippen molar-refractivity contribution in [2.24, 2.45) is 5.92 Å². The molecular weight excluding hydrogens is 466 g/mol. The van der Waals surface area contributed by atoms with E-state index in [1.54, 1.807) is 7.11 Å². The van der Waals surface area contributed by atoms with Crippen LogP contribution in [0.3, 0.4) is 0 Å². The van der Waals surface area contributed by atoms with Crippen molar-refractivity contribution in [1.82, 2.24) is 20.4 Å². The van der Waals surface area contributed by atoms with Gasteiger partial charge in [-0.1, -0.05) is 28.9 Å². The second-order valence-electron chi connectivity index (χ2n) is 8.57. The Morgan fingerprint density at radius 3 is 2.57 bits per heavy atom. The van der Waals surface area contributed by atoms with E-state index in [9.17, 15) is 4.79 Å². The van der Waals surface area contributed by atoms with Crippen molar-refractivity contribution in [1.29, 1.82) is 0 Å². The highest BCUT2D eigenvalue weighted by atomic mass is 35.5. The monoisotopic (exact) mass is 491 g/mol. The number of amides is 1. The van der Waals surface area contributed by atoms with Crippen molar-refractivity contribution in [2.75, 3.05) is 31.6 Å². The lowest BCUT2D eigenvalue weighted by Crippen LogP contribution is -2.41. The van der Waals surface area contributed by atoms with Crippen molar-refractivity contribution >= 4 is 34.4 Å². The first-order chi connectivity index (χ1) is 17.1. The van der Waals surface area contributed by atoms with Crippen LogP contribution in [0.4, 0.5) is 5.82 Å². The van der Waals surface area contributed by atoms with Gasteiger partial charge < -0.3 is 19.5 Å². The molecule has 1 saturated heterocycles. The predicted octanol–water partition coefficient (Wildman–Crippen LogP) is 4.52. The van der Waals surface area contributed by atoms with E-state index in [0.717, 1.165) is 47.3 Å². The number of ether oxygens (including phenoxy) is 1. The highest BCUT2D eigenvalue weighted by Gasteiger charge is 2.28. The smallest absolute Gasteiger partial charge is 0.263 e. The molecule has 1 aliphatic rings. The lowest BCUT2D eigenvalue weighted by Gasteiger charge is -2.32. The number of carbonyl (C=O) groups is 1. The zero-order chi connectivity index (χ0) is 24.2. The quantitative estimate of drug-likeness (QED) is 0.406. The van der Waals surface area contributed by atoms with Gasteiger partial charge in [0.1, 0.15) is 29.0 Å². The summed E-state index contributed by atoms with van der Waals surface area (Å²) in [6, 6.07) is 15.4. The van der Waals surface area contributed by atoms with E-state index in [0.29, 0.717) is 36.1 Å². The molecule has 1 amide bonds. The molecule has 35 heavy (non-hydrogen) atoms. The van der Waals surface area contributed by atoms with Gasteiger partial charge >= 0.3 is 0 Å². The number of nitrogens with one attached hydrogen (secondary N) is 1. The van der Waals surface area contributed by atoms with Crippen LogP contribution in [0.5, 0.6) is 5.75 Å². The maximum Gasteiger partial charge on any atom is 0.263 e. The topological polar surface area (TPSA) is 93.4 Å². The van der Waals surface area contributed by atoms with Gasteiger partial charge in [0.05, 0.1) is 7.11 Å². The summed E-state index contributed by atoms with van der Waals surface area (Å²) < 4.78 is 10.8. The second-order valence-corrected chi connectivity index (χ2v) is 9.00. The number of methoxy groups -OCH3 is 1. The van der Waals surface area contributed by atoms with Gasteiger partial charge in [-0.2, -0.15) is 4.98 Å². The summed E-state index contributed by atoms with van der Waals surface area (Å²) in [5, 5.41) is 8.85. The van der Waals surface area contributed by atoms with Crippen LogP contribution in [0.25, 0.3) is 22.4 Å². The van der Waals surface area contributed by atoms with Crippen LogP contribution in [0.2, 0.25) is 5.02 Å². The van der Waals surface area contributed by atoms with E-state index in [4.69, 9.17) is 20.9 Å². The lowest BCUT2D eigenvalue weighted by atomic mass is 9.95. The fraction of sp³-hybridized carbons (Fsp3) is 0.308. The molecule has 8 nitrogen and oxygen atoms in total. The van der Waals surface area contributed by atoms with Crippen LogP contribution in [0.15, 0.2) is 59.4 Å². The van der Waals surface area contributed by atoms with Gasteiger partial charge in [-0.25, -0.2) is 4.98 Å². The number of halogens is 1. The molecule has 2 aromatic carbocycles. The summed E-state index contributed by atoms with van der Waals surface area (Å²) >= 11 is 5.94. The van der Waals surface area contributed by atoms with Crippen LogP contribution < -0.4 is 15.0 Å². The molecular formula is C26H26ClN5O3. The van der Waals surface area contributed by atoms with Crippen LogP contribution in [0.1, 0.15) is 18.4 Å². The maximum absolute atomic E-state index is 12.7. The lowest BCUT2D eigenvalue weighted by molar-refractivity contribution is -0.125. The molecule has 0 radical (unpaired) electrons. The zero-order valence-corrected chi connectivity index (χ0v) is 20.2. The van der Waals surface area contributed by atoms with E-state index < -0.39 is 0 Å². The zero-order valence-electron chi connectivity index (χ0n) is 19.4. The number of aromatic nitrogens is 3. The summed E-state index contributed by atoms with van der Waals surface area (Å²) in [5.41, 5.74) is 3.19. The maximum atomic E-state index is 12.7. The van der Waals surface area contributed by atoms with Crippen LogP contribution >= 0.6 is 11.6 Å². The minimum Gasteiger partial charge on any atom is -0.497 e. The van der Waals surface area contributed by atoms with Crippen molar-refractivity contribution in [3.05, 3.63) is 65.4 Å². The summed E-state index contributed by atoms with van der Waals surface area (Å²) in [6.45, 7) is 2.04. The molecule has 1 N–H and O–H groups in total. The number of hydrogen-bond acceptors (Lipinski definition) is 7. The van der Waals surface area contributed by atoms with Gasteiger partial charge in [-0.15, -0.1) is 0 Å². The normalized spacial score (nSPS) is 14.3. The third-order valence-electron chi connectivity index (χ3n) is 6.41. The molecule has 0 bridgehead atoms. The van der Waals surface area contributed by atoms with Gasteiger partial charge in [0, 0.05) is 36.1 Å². The number of hydrogen-bond donors (Lipinski definition) is 1. The molecule has 0 spiro atoms. The molecule has 1 aliphatic heterocycles. The molecule has 4 aromatic rings. The number of benzene rings is 2. The van der Waals surface area contributed by atoms with Crippen molar-refractivity contribution in [2.45, 2.75) is 19.3 Å². The number of piperidine rings is 1. The van der Waals surface area contributed by atoms with Gasteiger partial charge in [-0.3, -0.25) is 4.79 Å². The van der Waals surface area contributed by atoms with Gasteiger partial charge in [0.15, 0.2) is 0 Å². The first kappa shape index (κ1) is 23.1. The van der Waals surface area contributed by atoms with Crippen LogP contribution in [-0.2, 0) is 11.2 Å². The predicted molar refractivity (Wildman–Crippen MR) is 135 cm³/mol.